The molecule has 4 nitrogen and oxygen atoms in total. The number of likely N-dealkylation sites (tertiary alicyclic amines) is 1. The van der Waals surface area contributed by atoms with Crippen LogP contribution in [0.1, 0.15) is 34.7 Å². The monoisotopic (exact) mass is 372 g/mol. The largest absolute Gasteiger partial charge is 0.455 e. The van der Waals surface area contributed by atoms with Crippen molar-refractivity contribution in [2.24, 2.45) is 0 Å². The number of piperidine rings is 1. The van der Waals surface area contributed by atoms with Crippen molar-refractivity contribution in [1.29, 1.82) is 0 Å². The van der Waals surface area contributed by atoms with Crippen molar-refractivity contribution in [3.05, 3.63) is 59.5 Å². The number of carbonyl (C=O) groups is 1. The molecule has 1 aromatic heterocycles. The van der Waals surface area contributed by atoms with Crippen LogP contribution in [-0.4, -0.2) is 54.7 Å². The van der Waals surface area contributed by atoms with Crippen LogP contribution in [0.5, 0.6) is 0 Å². The maximum absolute atomic E-state index is 12.8. The molecule has 0 aliphatic carbocycles. The van der Waals surface area contributed by atoms with Crippen molar-refractivity contribution in [3.63, 3.8) is 0 Å². The maximum atomic E-state index is 12.8. The van der Waals surface area contributed by atoms with Gasteiger partial charge in [0.2, 0.25) is 0 Å². The van der Waals surface area contributed by atoms with Gasteiger partial charge in [0.1, 0.15) is 5.76 Å². The van der Waals surface area contributed by atoms with Gasteiger partial charge in [-0.1, -0.05) is 30.3 Å². The van der Waals surface area contributed by atoms with E-state index in [0.717, 1.165) is 50.4 Å². The number of benzene rings is 1. The van der Waals surface area contributed by atoms with Crippen molar-refractivity contribution in [2.75, 3.05) is 32.9 Å². The number of hydrogen-bond acceptors (Lipinski definition) is 4. The molecule has 1 aliphatic heterocycles. The molecule has 0 N–H and O–H groups in total. The molecule has 1 aromatic carbocycles. The van der Waals surface area contributed by atoms with Gasteiger partial charge in [-0.3, -0.25) is 4.79 Å². The first-order valence-electron chi connectivity index (χ1n) is 9.28. The standard InChI is InChI=1S/C21H28N2O2S/c1-22(21(24)20-11-10-19(25-20)16-26-2)18-9-6-13-23(15-18)14-12-17-7-4-3-5-8-17/h3-5,7-8,10-11,18H,6,9,12-16H2,1-2H3/t18-/m0/s1. The van der Waals surface area contributed by atoms with E-state index in [4.69, 9.17) is 4.42 Å². The molecule has 2 heterocycles. The molecule has 0 unspecified atom stereocenters. The molecule has 1 saturated heterocycles. The van der Waals surface area contributed by atoms with Gasteiger partial charge in [-0.05, 0) is 49.8 Å². The fourth-order valence-corrected chi connectivity index (χ4v) is 3.97. The second kappa shape index (κ2) is 9.28. The highest BCUT2D eigenvalue weighted by Crippen LogP contribution is 2.20. The number of carbonyl (C=O) groups excluding carboxylic acids is 1. The Morgan fingerprint density at radius 1 is 1.27 bits per heavy atom. The third kappa shape index (κ3) is 4.92. The Bertz CT molecular complexity index is 701. The van der Waals surface area contributed by atoms with Gasteiger partial charge in [0.15, 0.2) is 5.76 Å². The van der Waals surface area contributed by atoms with Crippen molar-refractivity contribution in [1.82, 2.24) is 9.80 Å². The molecule has 5 heteroatoms. The van der Waals surface area contributed by atoms with Gasteiger partial charge in [0.05, 0.1) is 5.75 Å². The molecule has 0 saturated carbocycles. The topological polar surface area (TPSA) is 36.7 Å². The first kappa shape index (κ1) is 19.1. The van der Waals surface area contributed by atoms with Gasteiger partial charge in [-0.2, -0.15) is 11.8 Å². The molecular weight excluding hydrogens is 344 g/mol. The van der Waals surface area contributed by atoms with Gasteiger partial charge in [-0.25, -0.2) is 0 Å². The predicted molar refractivity (Wildman–Crippen MR) is 108 cm³/mol. The average molecular weight is 373 g/mol. The summed E-state index contributed by atoms with van der Waals surface area (Å²) < 4.78 is 5.70. The van der Waals surface area contributed by atoms with Gasteiger partial charge >= 0.3 is 0 Å². The van der Waals surface area contributed by atoms with Crippen molar-refractivity contribution < 1.29 is 9.21 Å². The number of furan rings is 1. The summed E-state index contributed by atoms with van der Waals surface area (Å²) in [5.74, 6) is 2.11. The smallest absolute Gasteiger partial charge is 0.289 e. The van der Waals surface area contributed by atoms with E-state index < -0.39 is 0 Å². The number of nitrogens with zero attached hydrogens (tertiary/aromatic N) is 2. The second-order valence-electron chi connectivity index (χ2n) is 6.95. The van der Waals surface area contributed by atoms with Crippen LogP contribution in [0.2, 0.25) is 0 Å². The van der Waals surface area contributed by atoms with Crippen LogP contribution < -0.4 is 0 Å². The molecule has 1 fully saturated rings. The van der Waals surface area contributed by atoms with E-state index in [1.807, 2.05) is 24.3 Å². The Kier molecular flexibility index (Phi) is 6.80. The Balaban J connectivity index is 1.54. The average Bonchev–Trinajstić information content (AvgIpc) is 3.15. The molecule has 1 atom stereocenters. The predicted octanol–water partition coefficient (Wildman–Crippen LogP) is 3.92. The zero-order chi connectivity index (χ0) is 18.4. The fourth-order valence-electron chi connectivity index (χ4n) is 3.53. The lowest BCUT2D eigenvalue weighted by Gasteiger charge is -2.37. The van der Waals surface area contributed by atoms with Crippen molar-refractivity contribution in [3.8, 4) is 0 Å². The van der Waals surface area contributed by atoms with E-state index in [2.05, 4.69) is 35.2 Å². The van der Waals surface area contributed by atoms with Gasteiger partial charge < -0.3 is 14.2 Å². The van der Waals surface area contributed by atoms with Crippen molar-refractivity contribution >= 4 is 17.7 Å². The maximum Gasteiger partial charge on any atom is 0.289 e. The van der Waals surface area contributed by atoms with Crippen LogP contribution in [-0.2, 0) is 12.2 Å². The number of amides is 1. The van der Waals surface area contributed by atoms with Crippen LogP contribution in [0.15, 0.2) is 46.9 Å². The lowest BCUT2D eigenvalue weighted by Crippen LogP contribution is -2.48. The summed E-state index contributed by atoms with van der Waals surface area (Å²) in [6, 6.07) is 14.6. The van der Waals surface area contributed by atoms with E-state index in [9.17, 15) is 4.79 Å². The van der Waals surface area contributed by atoms with Crippen molar-refractivity contribution in [2.45, 2.75) is 31.1 Å². The third-order valence-corrected chi connectivity index (χ3v) is 5.64. The molecule has 0 bridgehead atoms. The Morgan fingerprint density at radius 3 is 2.85 bits per heavy atom. The number of thioether (sulfide) groups is 1. The summed E-state index contributed by atoms with van der Waals surface area (Å²) in [4.78, 5) is 17.1. The SMILES string of the molecule is CSCc1ccc(C(=O)N(C)[C@H]2CCCN(CCc3ccccc3)C2)o1. The minimum atomic E-state index is -0.00716. The Labute approximate surface area is 160 Å². The fraction of sp³-hybridized carbons (Fsp3) is 0.476. The van der Waals surface area contributed by atoms with Gasteiger partial charge in [0, 0.05) is 26.2 Å². The number of rotatable bonds is 7. The molecule has 2 aromatic rings. The van der Waals surface area contributed by atoms with E-state index in [-0.39, 0.29) is 11.9 Å². The molecule has 3 rings (SSSR count). The summed E-state index contributed by atoms with van der Waals surface area (Å²) in [5, 5.41) is 0. The highest BCUT2D eigenvalue weighted by Gasteiger charge is 2.27. The van der Waals surface area contributed by atoms with E-state index >= 15 is 0 Å². The lowest BCUT2D eigenvalue weighted by atomic mass is 10.0. The highest BCUT2D eigenvalue weighted by atomic mass is 32.2. The zero-order valence-corrected chi connectivity index (χ0v) is 16.5. The molecule has 0 spiro atoms. The number of hydrogen-bond donors (Lipinski definition) is 0. The number of likely N-dealkylation sites (N-methyl/N-ethyl adjacent to an activating group) is 1. The van der Waals surface area contributed by atoms with E-state index in [1.54, 1.807) is 17.8 Å². The Morgan fingerprint density at radius 2 is 2.08 bits per heavy atom. The quantitative estimate of drug-likeness (QED) is 0.738. The normalized spacial score (nSPS) is 18.0. The van der Waals surface area contributed by atoms with E-state index in [1.165, 1.54) is 5.56 Å². The molecule has 1 aliphatic rings. The summed E-state index contributed by atoms with van der Waals surface area (Å²) in [6.45, 7) is 3.10. The van der Waals surface area contributed by atoms with Crippen LogP contribution >= 0.6 is 11.8 Å². The van der Waals surface area contributed by atoms with Crippen LogP contribution in [0, 0.1) is 0 Å². The van der Waals surface area contributed by atoms with Crippen LogP contribution in [0.4, 0.5) is 0 Å². The minimum absolute atomic E-state index is 0.00716. The Hall–Kier alpha value is -1.72. The van der Waals surface area contributed by atoms with Gasteiger partial charge in [-0.15, -0.1) is 0 Å². The van der Waals surface area contributed by atoms with E-state index in [0.29, 0.717) is 5.76 Å². The third-order valence-electron chi connectivity index (χ3n) is 5.07. The minimum Gasteiger partial charge on any atom is -0.455 e. The van der Waals surface area contributed by atoms with Gasteiger partial charge in [0.25, 0.3) is 5.91 Å². The highest BCUT2D eigenvalue weighted by molar-refractivity contribution is 7.97. The first-order valence-corrected chi connectivity index (χ1v) is 10.7. The molecule has 26 heavy (non-hydrogen) atoms. The van der Waals surface area contributed by atoms with Crippen LogP contribution in [0.25, 0.3) is 0 Å². The summed E-state index contributed by atoms with van der Waals surface area (Å²) in [6.07, 6.45) is 5.28. The molecular formula is C21H28N2O2S. The summed E-state index contributed by atoms with van der Waals surface area (Å²) in [5.41, 5.74) is 1.37. The molecule has 1 amide bonds. The molecule has 0 radical (unpaired) electrons. The summed E-state index contributed by atoms with van der Waals surface area (Å²) in [7, 11) is 1.91. The first-order chi connectivity index (χ1) is 12.7. The lowest BCUT2D eigenvalue weighted by molar-refractivity contribution is 0.0588. The molecule has 140 valence electrons. The second-order valence-corrected chi connectivity index (χ2v) is 7.81. The zero-order valence-electron chi connectivity index (χ0n) is 15.7. The van der Waals surface area contributed by atoms with Crippen LogP contribution in [0.3, 0.4) is 0 Å². The summed E-state index contributed by atoms with van der Waals surface area (Å²) >= 11 is 1.69.